The molecule has 0 aliphatic heterocycles. The number of imidazole rings is 1. The van der Waals surface area contributed by atoms with Gasteiger partial charge in [-0.25, -0.2) is 14.8 Å². The van der Waals surface area contributed by atoms with Crippen LogP contribution in [0.1, 0.15) is 32.0 Å². The van der Waals surface area contributed by atoms with E-state index in [1.165, 1.54) is 0 Å². The van der Waals surface area contributed by atoms with Gasteiger partial charge in [0.2, 0.25) is 0 Å². The molecular formula is C21H27N5OS2. The van der Waals surface area contributed by atoms with Gasteiger partial charge in [0.25, 0.3) is 0 Å². The average molecular weight is 430 g/mol. The largest absolute Gasteiger partial charge is 0.335 e. The number of thiazole rings is 1. The van der Waals surface area contributed by atoms with E-state index in [0.717, 1.165) is 26.2 Å². The Kier molecular flexibility index (Phi) is 6.64. The number of anilines is 1. The van der Waals surface area contributed by atoms with Crippen LogP contribution < -0.4 is 10.6 Å². The third-order valence-electron chi connectivity index (χ3n) is 4.55. The van der Waals surface area contributed by atoms with E-state index in [2.05, 4.69) is 47.4 Å². The Morgan fingerprint density at radius 2 is 2.10 bits per heavy atom. The summed E-state index contributed by atoms with van der Waals surface area (Å²) in [4.78, 5) is 22.3. The molecule has 0 bridgehead atoms. The van der Waals surface area contributed by atoms with Crippen molar-refractivity contribution in [2.45, 2.75) is 56.4 Å². The third kappa shape index (κ3) is 6.08. The minimum absolute atomic E-state index is 0.0417. The van der Waals surface area contributed by atoms with Crippen LogP contribution in [0, 0.1) is 19.3 Å². The zero-order chi connectivity index (χ0) is 21.0. The van der Waals surface area contributed by atoms with E-state index in [0.29, 0.717) is 6.54 Å². The van der Waals surface area contributed by atoms with Crippen LogP contribution in [0.3, 0.4) is 0 Å². The highest BCUT2D eigenvalue weighted by atomic mass is 32.2. The van der Waals surface area contributed by atoms with Crippen LogP contribution in [0.5, 0.6) is 0 Å². The molecule has 6 nitrogen and oxygen atoms in total. The number of aromatic nitrogens is 3. The lowest BCUT2D eigenvalue weighted by Gasteiger charge is -2.31. The molecule has 1 atom stereocenters. The first-order valence-electron chi connectivity index (χ1n) is 9.44. The molecule has 29 heavy (non-hydrogen) atoms. The number of hydrogen-bond donors (Lipinski definition) is 2. The van der Waals surface area contributed by atoms with Gasteiger partial charge >= 0.3 is 6.03 Å². The maximum Gasteiger partial charge on any atom is 0.319 e. The van der Waals surface area contributed by atoms with Crippen molar-refractivity contribution >= 4 is 34.8 Å². The van der Waals surface area contributed by atoms with Crippen molar-refractivity contribution < 1.29 is 4.79 Å². The van der Waals surface area contributed by atoms with Crippen molar-refractivity contribution in [3.63, 3.8) is 0 Å². The first-order chi connectivity index (χ1) is 13.7. The number of carbonyl (C=O) groups is 1. The first-order valence-corrected chi connectivity index (χ1v) is 11.1. The summed E-state index contributed by atoms with van der Waals surface area (Å²) in [6, 6.07) is 5.78. The number of hydrogen-bond acceptors (Lipinski definition) is 5. The highest BCUT2D eigenvalue weighted by Crippen LogP contribution is 2.32. The van der Waals surface area contributed by atoms with Crippen molar-refractivity contribution in [3.8, 4) is 0 Å². The molecular weight excluding hydrogens is 402 g/mol. The molecule has 8 heteroatoms. The molecule has 0 unspecified atom stereocenters. The fraction of sp³-hybridized carbons (Fsp3) is 0.381. The van der Waals surface area contributed by atoms with Crippen LogP contribution in [0.4, 0.5) is 10.5 Å². The maximum atomic E-state index is 12.7. The van der Waals surface area contributed by atoms with Gasteiger partial charge in [-0.2, -0.15) is 0 Å². The van der Waals surface area contributed by atoms with Gasteiger partial charge in [-0.3, -0.25) is 0 Å². The van der Waals surface area contributed by atoms with E-state index in [1.54, 1.807) is 35.6 Å². The number of aryl methyl sites for hydroxylation is 2. The van der Waals surface area contributed by atoms with E-state index >= 15 is 0 Å². The second kappa shape index (κ2) is 9.00. The topological polar surface area (TPSA) is 71.8 Å². The van der Waals surface area contributed by atoms with Crippen LogP contribution >= 0.6 is 23.1 Å². The normalized spacial score (nSPS) is 12.6. The van der Waals surface area contributed by atoms with Gasteiger partial charge in [0, 0.05) is 40.6 Å². The smallest absolute Gasteiger partial charge is 0.319 e. The zero-order valence-electron chi connectivity index (χ0n) is 17.4. The minimum Gasteiger partial charge on any atom is -0.335 e. The van der Waals surface area contributed by atoms with Crippen molar-refractivity contribution in [2.24, 2.45) is 5.41 Å². The molecule has 1 aromatic carbocycles. The van der Waals surface area contributed by atoms with Gasteiger partial charge in [0.15, 0.2) is 4.34 Å². The summed E-state index contributed by atoms with van der Waals surface area (Å²) in [5.74, 6) is 0. The lowest BCUT2D eigenvalue weighted by molar-refractivity contribution is 0.218. The number of carbonyl (C=O) groups excluding carboxylic acids is 1. The Labute approximate surface area is 180 Å². The number of amides is 2. The fourth-order valence-electron chi connectivity index (χ4n) is 2.78. The highest BCUT2D eigenvalue weighted by molar-refractivity contribution is 8.01. The van der Waals surface area contributed by atoms with Gasteiger partial charge < -0.3 is 15.2 Å². The van der Waals surface area contributed by atoms with E-state index < -0.39 is 0 Å². The van der Waals surface area contributed by atoms with Crippen molar-refractivity contribution in [1.29, 1.82) is 0 Å². The average Bonchev–Trinajstić information content (AvgIpc) is 3.28. The molecule has 0 aliphatic rings. The van der Waals surface area contributed by atoms with Crippen molar-refractivity contribution in [3.05, 3.63) is 53.6 Å². The van der Waals surface area contributed by atoms with Crippen LogP contribution in [0.15, 0.2) is 51.5 Å². The molecule has 2 N–H and O–H groups in total. The predicted molar refractivity (Wildman–Crippen MR) is 120 cm³/mol. The second-order valence-electron chi connectivity index (χ2n) is 8.11. The SMILES string of the molecule is Cc1csc(Sc2ccc(NC(=O)N[C@@H](Cn3ccnc3)C(C)(C)C)c(C)c2)n1. The van der Waals surface area contributed by atoms with Gasteiger partial charge in [-0.1, -0.05) is 32.5 Å². The highest BCUT2D eigenvalue weighted by Gasteiger charge is 2.26. The predicted octanol–water partition coefficient (Wildman–Crippen LogP) is 5.34. The summed E-state index contributed by atoms with van der Waals surface area (Å²) >= 11 is 3.28. The fourth-order valence-corrected chi connectivity index (χ4v) is 4.69. The number of rotatable bonds is 6. The van der Waals surface area contributed by atoms with Gasteiger partial charge in [-0.05, 0) is 43.0 Å². The Morgan fingerprint density at radius 1 is 1.31 bits per heavy atom. The first kappa shape index (κ1) is 21.4. The molecule has 154 valence electrons. The number of nitrogens with zero attached hydrogens (tertiary/aromatic N) is 3. The molecule has 2 amide bonds. The summed E-state index contributed by atoms with van der Waals surface area (Å²) in [5, 5.41) is 8.15. The van der Waals surface area contributed by atoms with Gasteiger partial charge in [-0.15, -0.1) is 11.3 Å². The minimum atomic E-state index is -0.205. The Bertz CT molecular complexity index is 960. The van der Waals surface area contributed by atoms with Gasteiger partial charge in [0.1, 0.15) is 0 Å². The molecule has 0 saturated heterocycles. The Balaban J connectivity index is 1.64. The molecule has 0 spiro atoms. The quantitative estimate of drug-likeness (QED) is 0.554. The van der Waals surface area contributed by atoms with Gasteiger partial charge in [0.05, 0.1) is 12.4 Å². The number of urea groups is 1. The van der Waals surface area contributed by atoms with E-state index in [1.807, 2.05) is 42.1 Å². The van der Waals surface area contributed by atoms with E-state index in [9.17, 15) is 4.79 Å². The summed E-state index contributed by atoms with van der Waals surface area (Å²) in [6.45, 7) is 11.0. The summed E-state index contributed by atoms with van der Waals surface area (Å²) in [5.41, 5.74) is 2.76. The van der Waals surface area contributed by atoms with Crippen LogP contribution in [0.25, 0.3) is 0 Å². The Hall–Kier alpha value is -2.32. The van der Waals surface area contributed by atoms with Crippen molar-refractivity contribution in [1.82, 2.24) is 19.9 Å². The summed E-state index contributed by atoms with van der Waals surface area (Å²) < 4.78 is 3.00. The van der Waals surface area contributed by atoms with Crippen LogP contribution in [-0.2, 0) is 6.54 Å². The summed E-state index contributed by atoms with van der Waals surface area (Å²) in [7, 11) is 0. The lowest BCUT2D eigenvalue weighted by atomic mass is 9.86. The second-order valence-corrected chi connectivity index (χ2v) is 10.3. The molecule has 2 aromatic heterocycles. The van der Waals surface area contributed by atoms with Crippen molar-refractivity contribution in [2.75, 3.05) is 5.32 Å². The lowest BCUT2D eigenvalue weighted by Crippen LogP contribution is -2.47. The molecule has 2 heterocycles. The monoisotopic (exact) mass is 429 g/mol. The number of nitrogens with one attached hydrogen (secondary N) is 2. The van der Waals surface area contributed by atoms with Crippen LogP contribution in [0.2, 0.25) is 0 Å². The molecule has 3 aromatic rings. The Morgan fingerprint density at radius 3 is 2.69 bits per heavy atom. The zero-order valence-corrected chi connectivity index (χ0v) is 19.0. The van der Waals surface area contributed by atoms with Crippen LogP contribution in [-0.4, -0.2) is 26.6 Å². The molecule has 0 aliphatic carbocycles. The molecule has 0 fully saturated rings. The maximum absolute atomic E-state index is 12.7. The van der Waals surface area contributed by atoms with E-state index in [-0.39, 0.29) is 17.5 Å². The standard InChI is InChI=1S/C21H27N5OS2/c1-14-10-16(29-20-23-15(2)12-28-20)6-7-17(14)24-19(27)25-18(21(3,4)5)11-26-9-8-22-13-26/h6-10,12-13,18H,11H2,1-5H3,(H2,24,25,27)/t18-/m0/s1. The number of benzene rings is 1. The third-order valence-corrected chi connectivity index (χ3v) is 6.60. The molecule has 3 rings (SSSR count). The molecule has 0 radical (unpaired) electrons. The molecule has 0 saturated carbocycles. The van der Waals surface area contributed by atoms with E-state index in [4.69, 9.17) is 0 Å². The summed E-state index contributed by atoms with van der Waals surface area (Å²) in [6.07, 6.45) is 5.42.